The Hall–Kier alpha value is -0.640. The summed E-state index contributed by atoms with van der Waals surface area (Å²) in [5.74, 6) is 0.178. The monoisotopic (exact) mass is 301 g/mol. The first-order chi connectivity index (χ1) is 9.60. The van der Waals surface area contributed by atoms with Crippen molar-refractivity contribution in [2.24, 2.45) is 5.92 Å². The topological polar surface area (TPSA) is 21.3 Å². The highest BCUT2D eigenvalue weighted by Gasteiger charge is 2.20. The van der Waals surface area contributed by atoms with Crippen molar-refractivity contribution in [3.8, 4) is 0 Å². The fourth-order valence-electron chi connectivity index (χ4n) is 2.26. The van der Waals surface area contributed by atoms with E-state index in [0.717, 1.165) is 26.0 Å². The molecule has 0 saturated carbocycles. The van der Waals surface area contributed by atoms with Crippen molar-refractivity contribution in [2.75, 3.05) is 20.3 Å². The molecule has 0 bridgehead atoms. The molecule has 0 aliphatic carbocycles. The Labute approximate surface area is 126 Å². The van der Waals surface area contributed by atoms with Gasteiger partial charge in [0.2, 0.25) is 0 Å². The molecule has 1 rings (SSSR count). The highest BCUT2D eigenvalue weighted by molar-refractivity contribution is 6.31. The van der Waals surface area contributed by atoms with Crippen LogP contribution in [0, 0.1) is 11.7 Å². The molecule has 2 nitrogen and oxygen atoms in total. The van der Waals surface area contributed by atoms with Crippen LogP contribution in [0.1, 0.15) is 32.3 Å². The molecule has 0 aromatic heterocycles. The van der Waals surface area contributed by atoms with Crippen molar-refractivity contribution in [1.29, 1.82) is 0 Å². The van der Waals surface area contributed by atoms with Crippen LogP contribution < -0.4 is 5.32 Å². The standard InChI is InChI=1S/C16H25ClFNO/c1-4-9-19-16(12(2)8-10-20-3)11-13-14(17)6-5-7-15(13)18/h5-7,12,16,19H,4,8-11H2,1-3H3. The first-order valence-corrected chi connectivity index (χ1v) is 7.63. The maximum absolute atomic E-state index is 13.9. The van der Waals surface area contributed by atoms with Crippen molar-refractivity contribution in [3.63, 3.8) is 0 Å². The summed E-state index contributed by atoms with van der Waals surface area (Å²) < 4.78 is 19.0. The number of benzene rings is 1. The van der Waals surface area contributed by atoms with E-state index in [1.165, 1.54) is 6.07 Å². The van der Waals surface area contributed by atoms with E-state index in [1.54, 1.807) is 19.2 Å². The molecule has 1 aromatic rings. The van der Waals surface area contributed by atoms with E-state index in [0.29, 0.717) is 22.9 Å². The molecule has 0 spiro atoms. The second kappa shape index (κ2) is 9.32. The number of methoxy groups -OCH3 is 1. The second-order valence-corrected chi connectivity index (χ2v) is 5.63. The van der Waals surface area contributed by atoms with Crippen molar-refractivity contribution < 1.29 is 9.13 Å². The third kappa shape index (κ3) is 5.39. The molecule has 0 aliphatic rings. The van der Waals surface area contributed by atoms with E-state index < -0.39 is 0 Å². The minimum Gasteiger partial charge on any atom is -0.385 e. The predicted octanol–water partition coefficient (Wildman–Crippen LogP) is 4.06. The Morgan fingerprint density at radius 3 is 2.75 bits per heavy atom. The third-order valence-corrected chi connectivity index (χ3v) is 3.96. The average molecular weight is 302 g/mol. The number of halogens is 2. The molecule has 0 radical (unpaired) electrons. The smallest absolute Gasteiger partial charge is 0.127 e. The van der Waals surface area contributed by atoms with E-state index in [1.807, 2.05) is 0 Å². The molecule has 0 amide bonds. The summed E-state index contributed by atoms with van der Waals surface area (Å²) in [5.41, 5.74) is 0.604. The van der Waals surface area contributed by atoms with Crippen LogP contribution in [0.2, 0.25) is 5.02 Å². The zero-order valence-corrected chi connectivity index (χ0v) is 13.3. The van der Waals surface area contributed by atoms with Crippen LogP contribution in [0.25, 0.3) is 0 Å². The maximum atomic E-state index is 13.9. The number of hydrogen-bond donors (Lipinski definition) is 1. The molecular formula is C16H25ClFNO. The summed E-state index contributed by atoms with van der Waals surface area (Å²) in [5, 5.41) is 4.01. The molecule has 1 aromatic carbocycles. The van der Waals surface area contributed by atoms with Crippen LogP contribution in [-0.2, 0) is 11.2 Å². The Balaban J connectivity index is 2.77. The van der Waals surface area contributed by atoms with Crippen LogP contribution in [0.4, 0.5) is 4.39 Å². The molecule has 114 valence electrons. The summed E-state index contributed by atoms with van der Waals surface area (Å²) in [4.78, 5) is 0. The number of ether oxygens (including phenoxy) is 1. The van der Waals surface area contributed by atoms with Gasteiger partial charge in [-0.3, -0.25) is 0 Å². The lowest BCUT2D eigenvalue weighted by Crippen LogP contribution is -2.38. The maximum Gasteiger partial charge on any atom is 0.127 e. The van der Waals surface area contributed by atoms with Gasteiger partial charge in [-0.1, -0.05) is 31.5 Å². The van der Waals surface area contributed by atoms with Gasteiger partial charge in [0.05, 0.1) is 0 Å². The minimum atomic E-state index is -0.222. The molecule has 1 N–H and O–H groups in total. The van der Waals surface area contributed by atoms with Crippen molar-refractivity contribution in [1.82, 2.24) is 5.32 Å². The van der Waals surface area contributed by atoms with Crippen LogP contribution in [0.3, 0.4) is 0 Å². The Bertz CT molecular complexity index is 380. The van der Waals surface area contributed by atoms with E-state index >= 15 is 0 Å². The first-order valence-electron chi connectivity index (χ1n) is 7.25. The van der Waals surface area contributed by atoms with Gasteiger partial charge in [0.25, 0.3) is 0 Å². The summed E-state index contributed by atoms with van der Waals surface area (Å²) in [7, 11) is 1.70. The lowest BCUT2D eigenvalue weighted by Gasteiger charge is -2.26. The van der Waals surface area contributed by atoms with Crippen molar-refractivity contribution in [2.45, 2.75) is 39.2 Å². The van der Waals surface area contributed by atoms with Gasteiger partial charge in [-0.25, -0.2) is 4.39 Å². The highest BCUT2D eigenvalue weighted by Crippen LogP contribution is 2.23. The summed E-state index contributed by atoms with van der Waals surface area (Å²) >= 11 is 6.12. The van der Waals surface area contributed by atoms with Gasteiger partial charge in [0.1, 0.15) is 5.82 Å². The Morgan fingerprint density at radius 2 is 2.15 bits per heavy atom. The fraction of sp³-hybridized carbons (Fsp3) is 0.625. The summed E-state index contributed by atoms with van der Waals surface area (Å²) in [6, 6.07) is 5.07. The van der Waals surface area contributed by atoms with Crippen LogP contribution >= 0.6 is 11.6 Å². The van der Waals surface area contributed by atoms with Gasteiger partial charge in [-0.15, -0.1) is 0 Å². The molecule has 0 heterocycles. The lowest BCUT2D eigenvalue weighted by molar-refractivity contribution is 0.169. The molecule has 2 atom stereocenters. The van der Waals surface area contributed by atoms with E-state index in [2.05, 4.69) is 19.2 Å². The van der Waals surface area contributed by atoms with Gasteiger partial charge in [-0.2, -0.15) is 0 Å². The van der Waals surface area contributed by atoms with Gasteiger partial charge in [0.15, 0.2) is 0 Å². The lowest BCUT2D eigenvalue weighted by atomic mass is 9.92. The summed E-state index contributed by atoms with van der Waals surface area (Å²) in [6.07, 6.45) is 2.61. The fourth-order valence-corrected chi connectivity index (χ4v) is 2.50. The van der Waals surface area contributed by atoms with E-state index in [-0.39, 0.29) is 11.9 Å². The SMILES string of the molecule is CCCNC(Cc1c(F)cccc1Cl)C(C)CCOC. The molecule has 2 unspecified atom stereocenters. The van der Waals surface area contributed by atoms with Gasteiger partial charge in [0, 0.05) is 30.3 Å². The Kier molecular flexibility index (Phi) is 8.12. The normalized spacial score (nSPS) is 14.2. The molecular weight excluding hydrogens is 277 g/mol. The van der Waals surface area contributed by atoms with Gasteiger partial charge < -0.3 is 10.1 Å². The number of hydrogen-bond acceptors (Lipinski definition) is 2. The van der Waals surface area contributed by atoms with Crippen molar-refractivity contribution in [3.05, 3.63) is 34.6 Å². The van der Waals surface area contributed by atoms with Gasteiger partial charge >= 0.3 is 0 Å². The quantitative estimate of drug-likeness (QED) is 0.742. The molecule has 0 fully saturated rings. The van der Waals surface area contributed by atoms with Gasteiger partial charge in [-0.05, 0) is 43.9 Å². The number of rotatable bonds is 9. The zero-order valence-electron chi connectivity index (χ0n) is 12.6. The molecule has 0 saturated heterocycles. The van der Waals surface area contributed by atoms with Crippen LogP contribution in [0.15, 0.2) is 18.2 Å². The second-order valence-electron chi connectivity index (χ2n) is 5.22. The highest BCUT2D eigenvalue weighted by atomic mass is 35.5. The van der Waals surface area contributed by atoms with E-state index in [4.69, 9.17) is 16.3 Å². The molecule has 4 heteroatoms. The predicted molar refractivity (Wildman–Crippen MR) is 82.9 cm³/mol. The average Bonchev–Trinajstić information content (AvgIpc) is 2.43. The van der Waals surface area contributed by atoms with Crippen LogP contribution in [0.5, 0.6) is 0 Å². The van der Waals surface area contributed by atoms with Crippen LogP contribution in [-0.4, -0.2) is 26.3 Å². The third-order valence-electron chi connectivity index (χ3n) is 3.61. The summed E-state index contributed by atoms with van der Waals surface area (Å²) in [6.45, 7) is 5.94. The Morgan fingerprint density at radius 1 is 1.40 bits per heavy atom. The molecule has 0 aliphatic heterocycles. The molecule has 20 heavy (non-hydrogen) atoms. The van der Waals surface area contributed by atoms with Crippen molar-refractivity contribution >= 4 is 11.6 Å². The van der Waals surface area contributed by atoms with E-state index in [9.17, 15) is 4.39 Å². The first kappa shape index (κ1) is 17.4. The zero-order chi connectivity index (χ0) is 15.0. The minimum absolute atomic E-state index is 0.208. The largest absolute Gasteiger partial charge is 0.385 e. The number of nitrogens with one attached hydrogen (secondary N) is 1.